The number of nitriles is 1. The summed E-state index contributed by atoms with van der Waals surface area (Å²) in [6, 6.07) is 9.09. The van der Waals surface area contributed by atoms with Crippen molar-refractivity contribution in [3.8, 4) is 11.8 Å². The van der Waals surface area contributed by atoms with Crippen LogP contribution in [0.25, 0.3) is 0 Å². The van der Waals surface area contributed by atoms with Crippen LogP contribution in [0.4, 0.5) is 0 Å². The third-order valence-corrected chi connectivity index (χ3v) is 3.98. The van der Waals surface area contributed by atoms with Gasteiger partial charge in [0.2, 0.25) is 0 Å². The highest BCUT2D eigenvalue weighted by Crippen LogP contribution is 2.11. The van der Waals surface area contributed by atoms with Crippen LogP contribution >= 0.6 is 0 Å². The quantitative estimate of drug-likeness (QED) is 0.679. The highest BCUT2D eigenvalue weighted by molar-refractivity contribution is 7.84. The molecule has 4 heteroatoms. The second-order valence-electron chi connectivity index (χ2n) is 4.04. The first kappa shape index (κ1) is 14.7. The Morgan fingerprint density at radius 3 is 2.50 bits per heavy atom. The summed E-state index contributed by atoms with van der Waals surface area (Å²) in [4.78, 5) is 0. The van der Waals surface area contributed by atoms with Gasteiger partial charge in [-0.3, -0.25) is 4.21 Å². The van der Waals surface area contributed by atoms with Crippen LogP contribution in [0, 0.1) is 11.3 Å². The van der Waals surface area contributed by atoms with Crippen LogP contribution in [0.15, 0.2) is 24.3 Å². The monoisotopic (exact) mass is 265 g/mol. The summed E-state index contributed by atoms with van der Waals surface area (Å²) < 4.78 is 17.0. The second-order valence-corrected chi connectivity index (χ2v) is 5.74. The van der Waals surface area contributed by atoms with E-state index in [0.29, 0.717) is 17.9 Å². The summed E-state index contributed by atoms with van der Waals surface area (Å²) in [5.74, 6) is 2.26. The lowest BCUT2D eigenvalue weighted by atomic mass is 10.2. The molecule has 0 radical (unpaired) electrons. The van der Waals surface area contributed by atoms with E-state index in [4.69, 9.17) is 10.00 Å². The Balaban J connectivity index is 2.17. The number of ether oxygens (including phenoxy) is 1. The maximum Gasteiger partial charge on any atom is 0.119 e. The molecule has 0 fully saturated rings. The molecule has 0 N–H and O–H groups in total. The molecule has 18 heavy (non-hydrogen) atoms. The molecule has 0 amide bonds. The highest BCUT2D eigenvalue weighted by Gasteiger charge is 2.00. The lowest BCUT2D eigenvalue weighted by molar-refractivity contribution is 0.318. The molecular formula is C14H19NO2S. The van der Waals surface area contributed by atoms with Crippen molar-refractivity contribution in [1.29, 1.82) is 5.26 Å². The fraction of sp³-hybridized carbons (Fsp3) is 0.500. The number of hydrogen-bond acceptors (Lipinski definition) is 3. The maximum atomic E-state index is 11.5. The van der Waals surface area contributed by atoms with Gasteiger partial charge in [0.05, 0.1) is 18.2 Å². The van der Waals surface area contributed by atoms with Crippen molar-refractivity contribution >= 4 is 10.8 Å². The van der Waals surface area contributed by atoms with Gasteiger partial charge in [-0.25, -0.2) is 0 Å². The maximum absolute atomic E-state index is 11.5. The van der Waals surface area contributed by atoms with Crippen LogP contribution in [-0.4, -0.2) is 22.3 Å². The number of hydrogen-bond donors (Lipinski definition) is 0. The van der Waals surface area contributed by atoms with Gasteiger partial charge in [0.15, 0.2) is 0 Å². The van der Waals surface area contributed by atoms with Crippen molar-refractivity contribution in [2.24, 2.45) is 0 Å². The molecule has 0 aromatic heterocycles. The largest absolute Gasteiger partial charge is 0.494 e. The molecule has 0 aliphatic heterocycles. The van der Waals surface area contributed by atoms with Gasteiger partial charge in [0.25, 0.3) is 0 Å². The van der Waals surface area contributed by atoms with Gasteiger partial charge in [-0.2, -0.15) is 5.26 Å². The zero-order valence-corrected chi connectivity index (χ0v) is 11.5. The Bertz CT molecular complexity index is 409. The zero-order valence-electron chi connectivity index (χ0n) is 10.7. The minimum absolute atomic E-state index is 0.573. The molecule has 0 saturated carbocycles. The molecule has 0 spiro atoms. The highest BCUT2D eigenvalue weighted by atomic mass is 32.2. The summed E-state index contributed by atoms with van der Waals surface area (Å²) in [5, 5.41) is 8.65. The Labute approximate surface area is 111 Å². The molecule has 0 aliphatic carbocycles. The smallest absolute Gasteiger partial charge is 0.119 e. The van der Waals surface area contributed by atoms with Gasteiger partial charge in [0, 0.05) is 22.3 Å². The van der Waals surface area contributed by atoms with E-state index in [-0.39, 0.29) is 0 Å². The molecular weight excluding hydrogens is 246 g/mol. The van der Waals surface area contributed by atoms with Crippen molar-refractivity contribution in [1.82, 2.24) is 0 Å². The third-order valence-electron chi connectivity index (χ3n) is 2.49. The van der Waals surface area contributed by atoms with Gasteiger partial charge in [-0.05, 0) is 37.1 Å². The number of nitrogens with zero attached hydrogens (tertiary/aromatic N) is 1. The predicted octanol–water partition coefficient (Wildman–Crippen LogP) is 2.88. The summed E-state index contributed by atoms with van der Waals surface area (Å²) in [6.07, 6.45) is 2.92. The first-order chi connectivity index (χ1) is 8.76. The minimum Gasteiger partial charge on any atom is -0.494 e. The van der Waals surface area contributed by atoms with Crippen molar-refractivity contribution in [3.05, 3.63) is 29.8 Å². The normalized spacial score (nSPS) is 11.8. The van der Waals surface area contributed by atoms with E-state index in [1.807, 2.05) is 0 Å². The number of benzene rings is 1. The summed E-state index contributed by atoms with van der Waals surface area (Å²) in [6.45, 7) is 2.68. The van der Waals surface area contributed by atoms with E-state index in [9.17, 15) is 4.21 Å². The molecule has 1 rings (SSSR count). The van der Waals surface area contributed by atoms with Crippen molar-refractivity contribution in [2.75, 3.05) is 18.1 Å². The SMILES string of the molecule is CCCCS(=O)CCCOc1ccc(C#N)cc1. The summed E-state index contributed by atoms with van der Waals surface area (Å²) in [7, 11) is -0.706. The number of unbranched alkanes of at least 4 members (excludes halogenated alkanes) is 1. The Morgan fingerprint density at radius 1 is 1.22 bits per heavy atom. The zero-order chi connectivity index (χ0) is 13.2. The first-order valence-electron chi connectivity index (χ1n) is 6.24. The van der Waals surface area contributed by atoms with Gasteiger partial charge in [0.1, 0.15) is 5.75 Å². The Kier molecular flexibility index (Phi) is 7.12. The molecule has 98 valence electrons. The summed E-state index contributed by atoms with van der Waals surface area (Å²) in [5.41, 5.74) is 0.628. The molecule has 0 saturated heterocycles. The van der Waals surface area contributed by atoms with Crippen LogP contribution in [0.1, 0.15) is 31.7 Å². The van der Waals surface area contributed by atoms with E-state index in [1.165, 1.54) is 0 Å². The van der Waals surface area contributed by atoms with E-state index in [2.05, 4.69) is 13.0 Å². The fourth-order valence-corrected chi connectivity index (χ4v) is 2.70. The Hall–Kier alpha value is -1.34. The van der Waals surface area contributed by atoms with Crippen molar-refractivity contribution < 1.29 is 8.95 Å². The molecule has 1 aromatic rings. The van der Waals surface area contributed by atoms with E-state index >= 15 is 0 Å². The number of rotatable bonds is 8. The van der Waals surface area contributed by atoms with E-state index in [1.54, 1.807) is 24.3 Å². The molecule has 1 unspecified atom stereocenters. The molecule has 0 bridgehead atoms. The van der Waals surface area contributed by atoms with Gasteiger partial charge in [-0.15, -0.1) is 0 Å². The van der Waals surface area contributed by atoms with Crippen LogP contribution in [0.3, 0.4) is 0 Å². The molecule has 1 atom stereocenters. The standard InChI is InChI=1S/C14H19NO2S/c1-2-3-10-18(16)11-4-9-17-14-7-5-13(12-15)6-8-14/h5-8H,2-4,9-11H2,1H3. The third kappa shape index (κ3) is 5.83. The first-order valence-corrected chi connectivity index (χ1v) is 7.73. The van der Waals surface area contributed by atoms with Crippen LogP contribution < -0.4 is 4.74 Å². The summed E-state index contributed by atoms with van der Waals surface area (Å²) >= 11 is 0. The van der Waals surface area contributed by atoms with E-state index in [0.717, 1.165) is 30.8 Å². The predicted molar refractivity (Wildman–Crippen MR) is 74.1 cm³/mol. The molecule has 3 nitrogen and oxygen atoms in total. The average Bonchev–Trinajstić information content (AvgIpc) is 2.42. The molecule has 0 heterocycles. The molecule has 1 aromatic carbocycles. The second kappa shape index (κ2) is 8.71. The topological polar surface area (TPSA) is 50.1 Å². The van der Waals surface area contributed by atoms with Crippen LogP contribution in [0.5, 0.6) is 5.75 Å². The van der Waals surface area contributed by atoms with Crippen LogP contribution in [0.2, 0.25) is 0 Å². The van der Waals surface area contributed by atoms with Gasteiger partial charge in [-0.1, -0.05) is 13.3 Å². The lowest BCUT2D eigenvalue weighted by Gasteiger charge is -2.06. The Morgan fingerprint density at radius 2 is 1.89 bits per heavy atom. The van der Waals surface area contributed by atoms with E-state index < -0.39 is 10.8 Å². The van der Waals surface area contributed by atoms with Gasteiger partial charge >= 0.3 is 0 Å². The lowest BCUT2D eigenvalue weighted by Crippen LogP contribution is -2.07. The van der Waals surface area contributed by atoms with Crippen molar-refractivity contribution in [2.45, 2.75) is 26.2 Å². The van der Waals surface area contributed by atoms with Crippen LogP contribution in [-0.2, 0) is 10.8 Å². The fourth-order valence-electron chi connectivity index (χ4n) is 1.44. The average molecular weight is 265 g/mol. The minimum atomic E-state index is -0.706. The van der Waals surface area contributed by atoms with Crippen molar-refractivity contribution in [3.63, 3.8) is 0 Å². The van der Waals surface area contributed by atoms with Gasteiger partial charge < -0.3 is 4.74 Å². The molecule has 0 aliphatic rings.